The van der Waals surface area contributed by atoms with Gasteiger partial charge in [0.1, 0.15) is 0 Å². The summed E-state index contributed by atoms with van der Waals surface area (Å²) in [6, 6.07) is 8.18. The van der Waals surface area contributed by atoms with E-state index < -0.39 is 0 Å². The average Bonchev–Trinajstić information content (AvgIpc) is 2.47. The summed E-state index contributed by atoms with van der Waals surface area (Å²) in [4.78, 5) is 18.5. The molecule has 0 aliphatic heterocycles. The molecule has 0 bridgehead atoms. The third-order valence-electron chi connectivity index (χ3n) is 3.41. The van der Waals surface area contributed by atoms with Crippen LogP contribution in [0.15, 0.2) is 41.5 Å². The second kappa shape index (κ2) is 6.54. The van der Waals surface area contributed by atoms with Crippen molar-refractivity contribution >= 4 is 5.82 Å². The van der Waals surface area contributed by atoms with Crippen LogP contribution < -0.4 is 16.2 Å². The molecule has 0 saturated carbocycles. The SMILES string of the molecule is CC(C)n1ccnc(N(C)Cc2cccc(CN)c2)c1=O. The van der Waals surface area contributed by atoms with E-state index in [4.69, 9.17) is 5.73 Å². The van der Waals surface area contributed by atoms with Crippen LogP contribution in [0.3, 0.4) is 0 Å². The molecule has 0 spiro atoms. The molecule has 21 heavy (non-hydrogen) atoms. The largest absolute Gasteiger partial charge is 0.351 e. The Morgan fingerprint density at radius 2 is 2.05 bits per heavy atom. The summed E-state index contributed by atoms with van der Waals surface area (Å²) in [6.07, 6.45) is 3.39. The summed E-state index contributed by atoms with van der Waals surface area (Å²) in [5.74, 6) is 0.462. The molecule has 0 aliphatic rings. The smallest absolute Gasteiger partial charge is 0.293 e. The van der Waals surface area contributed by atoms with Gasteiger partial charge in [0.05, 0.1) is 0 Å². The highest BCUT2D eigenvalue weighted by Crippen LogP contribution is 2.11. The van der Waals surface area contributed by atoms with Crippen LogP contribution in [0.1, 0.15) is 31.0 Å². The fourth-order valence-corrected chi connectivity index (χ4v) is 2.29. The Labute approximate surface area is 125 Å². The van der Waals surface area contributed by atoms with Crippen LogP contribution in [-0.4, -0.2) is 16.6 Å². The normalized spacial score (nSPS) is 10.9. The Morgan fingerprint density at radius 1 is 1.33 bits per heavy atom. The molecule has 5 nitrogen and oxygen atoms in total. The standard InChI is InChI=1S/C16H22N4O/c1-12(2)20-8-7-18-15(16(20)21)19(3)11-14-6-4-5-13(9-14)10-17/h4-9,12H,10-11,17H2,1-3H3. The second-order valence-corrected chi connectivity index (χ2v) is 5.44. The lowest BCUT2D eigenvalue weighted by molar-refractivity contribution is 0.572. The molecule has 1 heterocycles. The Bertz CT molecular complexity index is 663. The van der Waals surface area contributed by atoms with Crippen LogP contribution in [-0.2, 0) is 13.1 Å². The van der Waals surface area contributed by atoms with Crippen molar-refractivity contribution in [2.75, 3.05) is 11.9 Å². The van der Waals surface area contributed by atoms with Crippen LogP contribution in [0, 0.1) is 0 Å². The van der Waals surface area contributed by atoms with Gasteiger partial charge in [0, 0.05) is 38.6 Å². The number of benzene rings is 1. The van der Waals surface area contributed by atoms with Crippen LogP contribution in [0.25, 0.3) is 0 Å². The van der Waals surface area contributed by atoms with Gasteiger partial charge in [-0.2, -0.15) is 0 Å². The van der Waals surface area contributed by atoms with Crippen molar-refractivity contribution < 1.29 is 0 Å². The van der Waals surface area contributed by atoms with Gasteiger partial charge >= 0.3 is 0 Å². The molecule has 0 atom stereocenters. The predicted molar refractivity (Wildman–Crippen MR) is 85.3 cm³/mol. The molecule has 0 amide bonds. The first kappa shape index (κ1) is 15.3. The van der Waals surface area contributed by atoms with Crippen molar-refractivity contribution in [1.29, 1.82) is 0 Å². The Morgan fingerprint density at radius 3 is 2.71 bits per heavy atom. The minimum atomic E-state index is -0.0648. The minimum Gasteiger partial charge on any atom is -0.351 e. The maximum Gasteiger partial charge on any atom is 0.293 e. The molecule has 112 valence electrons. The Balaban J connectivity index is 2.26. The predicted octanol–water partition coefficient (Wildman–Crippen LogP) is 1.92. The molecule has 1 aromatic carbocycles. The van der Waals surface area contributed by atoms with E-state index in [0.717, 1.165) is 11.1 Å². The van der Waals surface area contributed by atoms with Gasteiger partial charge < -0.3 is 15.2 Å². The quantitative estimate of drug-likeness (QED) is 0.912. The molecule has 2 rings (SSSR count). The highest BCUT2D eigenvalue weighted by molar-refractivity contribution is 5.37. The van der Waals surface area contributed by atoms with E-state index in [1.54, 1.807) is 17.0 Å². The van der Waals surface area contributed by atoms with E-state index in [0.29, 0.717) is 18.9 Å². The van der Waals surface area contributed by atoms with E-state index in [-0.39, 0.29) is 11.6 Å². The first-order chi connectivity index (χ1) is 10.0. The van der Waals surface area contributed by atoms with E-state index >= 15 is 0 Å². The molecule has 1 aromatic heterocycles. The third-order valence-corrected chi connectivity index (χ3v) is 3.41. The minimum absolute atomic E-state index is 0.0648. The van der Waals surface area contributed by atoms with E-state index in [9.17, 15) is 4.79 Å². The molecule has 0 unspecified atom stereocenters. The first-order valence-electron chi connectivity index (χ1n) is 7.09. The van der Waals surface area contributed by atoms with Gasteiger partial charge in [-0.25, -0.2) is 4.98 Å². The Kier molecular flexibility index (Phi) is 4.75. The average molecular weight is 286 g/mol. The fraction of sp³-hybridized carbons (Fsp3) is 0.375. The molecular formula is C16H22N4O. The lowest BCUT2D eigenvalue weighted by Crippen LogP contribution is -2.31. The van der Waals surface area contributed by atoms with Crippen LogP contribution >= 0.6 is 0 Å². The molecular weight excluding hydrogens is 264 g/mol. The number of hydrogen-bond acceptors (Lipinski definition) is 4. The highest BCUT2D eigenvalue weighted by atomic mass is 16.1. The van der Waals surface area contributed by atoms with Crippen molar-refractivity contribution in [1.82, 2.24) is 9.55 Å². The summed E-state index contributed by atoms with van der Waals surface area (Å²) in [6.45, 7) is 5.10. The molecule has 0 radical (unpaired) electrons. The molecule has 0 fully saturated rings. The maximum atomic E-state index is 12.4. The van der Waals surface area contributed by atoms with Crippen molar-refractivity contribution in [3.63, 3.8) is 0 Å². The Hall–Kier alpha value is -2.14. The van der Waals surface area contributed by atoms with Gasteiger partial charge in [0.15, 0.2) is 5.82 Å². The number of rotatable bonds is 5. The van der Waals surface area contributed by atoms with Crippen molar-refractivity contribution in [2.24, 2.45) is 5.73 Å². The zero-order valence-corrected chi connectivity index (χ0v) is 12.8. The molecule has 0 aliphatic carbocycles. The highest BCUT2D eigenvalue weighted by Gasteiger charge is 2.12. The summed E-state index contributed by atoms with van der Waals surface area (Å²) < 4.78 is 1.69. The zero-order valence-electron chi connectivity index (χ0n) is 12.8. The lowest BCUT2D eigenvalue weighted by Gasteiger charge is -2.19. The van der Waals surface area contributed by atoms with Gasteiger partial charge in [0.2, 0.25) is 0 Å². The number of hydrogen-bond donors (Lipinski definition) is 1. The fourth-order valence-electron chi connectivity index (χ4n) is 2.29. The van der Waals surface area contributed by atoms with Gasteiger partial charge in [-0.05, 0) is 25.0 Å². The van der Waals surface area contributed by atoms with Gasteiger partial charge in [-0.15, -0.1) is 0 Å². The lowest BCUT2D eigenvalue weighted by atomic mass is 10.1. The van der Waals surface area contributed by atoms with Gasteiger partial charge in [0.25, 0.3) is 5.56 Å². The van der Waals surface area contributed by atoms with Crippen LogP contribution in [0.5, 0.6) is 0 Å². The summed E-state index contributed by atoms with van der Waals surface area (Å²) in [7, 11) is 1.88. The molecule has 5 heteroatoms. The summed E-state index contributed by atoms with van der Waals surface area (Å²) in [5, 5.41) is 0. The second-order valence-electron chi connectivity index (χ2n) is 5.44. The van der Waals surface area contributed by atoms with Crippen molar-refractivity contribution in [3.05, 3.63) is 58.1 Å². The number of anilines is 1. The molecule has 2 N–H and O–H groups in total. The van der Waals surface area contributed by atoms with Crippen molar-refractivity contribution in [2.45, 2.75) is 33.0 Å². The monoisotopic (exact) mass is 286 g/mol. The van der Waals surface area contributed by atoms with Gasteiger partial charge in [-0.3, -0.25) is 4.79 Å². The molecule has 0 saturated heterocycles. The van der Waals surface area contributed by atoms with E-state index in [1.807, 2.05) is 44.0 Å². The number of nitrogens with zero attached hydrogens (tertiary/aromatic N) is 3. The third kappa shape index (κ3) is 3.49. The topological polar surface area (TPSA) is 64.2 Å². The number of aromatic nitrogens is 2. The van der Waals surface area contributed by atoms with E-state index in [1.165, 1.54) is 0 Å². The van der Waals surface area contributed by atoms with Crippen LogP contribution in [0.2, 0.25) is 0 Å². The van der Waals surface area contributed by atoms with Crippen molar-refractivity contribution in [3.8, 4) is 0 Å². The first-order valence-corrected chi connectivity index (χ1v) is 7.09. The summed E-state index contributed by atoms with van der Waals surface area (Å²) >= 11 is 0. The van der Waals surface area contributed by atoms with Gasteiger partial charge in [-0.1, -0.05) is 24.3 Å². The maximum absolute atomic E-state index is 12.4. The van der Waals surface area contributed by atoms with Crippen LogP contribution in [0.4, 0.5) is 5.82 Å². The zero-order chi connectivity index (χ0) is 15.4. The summed E-state index contributed by atoms with van der Waals surface area (Å²) in [5.41, 5.74) is 7.79. The molecule has 2 aromatic rings. The number of nitrogens with two attached hydrogens (primary N) is 1. The van der Waals surface area contributed by atoms with E-state index in [2.05, 4.69) is 11.1 Å².